The van der Waals surface area contributed by atoms with Crippen molar-refractivity contribution in [2.75, 3.05) is 0 Å². The van der Waals surface area contributed by atoms with Gasteiger partial charge in [-0.2, -0.15) is 0 Å². The summed E-state index contributed by atoms with van der Waals surface area (Å²) >= 11 is 1.86. The van der Waals surface area contributed by atoms with Crippen molar-refractivity contribution in [2.45, 2.75) is 29.1 Å². The van der Waals surface area contributed by atoms with E-state index in [1.807, 2.05) is 36.9 Å². The van der Waals surface area contributed by atoms with Crippen LogP contribution in [0.2, 0.25) is 0 Å². The van der Waals surface area contributed by atoms with Crippen molar-refractivity contribution in [3.63, 3.8) is 0 Å². The van der Waals surface area contributed by atoms with Crippen molar-refractivity contribution in [3.05, 3.63) is 197 Å². The summed E-state index contributed by atoms with van der Waals surface area (Å²) in [5.74, 6) is 0.708. The van der Waals surface area contributed by atoms with E-state index in [-0.39, 0.29) is 0 Å². The van der Waals surface area contributed by atoms with Crippen LogP contribution in [0.1, 0.15) is 33.6 Å². The van der Waals surface area contributed by atoms with Crippen LogP contribution in [0.15, 0.2) is 174 Å². The lowest BCUT2D eigenvalue weighted by atomic mass is 9.67. The zero-order valence-electron chi connectivity index (χ0n) is 28.8. The second-order valence-corrected chi connectivity index (χ2v) is 14.7. The monoisotopic (exact) mass is 683 g/mol. The molecule has 246 valence electrons. The zero-order valence-corrected chi connectivity index (χ0v) is 29.7. The molecule has 1 aliphatic heterocycles. The Balaban J connectivity index is 1.17. The first-order valence-corrected chi connectivity index (χ1v) is 18.5. The Hall–Kier alpha value is -6.10. The fourth-order valence-electron chi connectivity index (χ4n) is 8.29. The number of hydrogen-bond acceptors (Lipinski definition) is 4. The molecule has 2 aromatic heterocycles. The quantitative estimate of drug-likeness (QED) is 0.185. The van der Waals surface area contributed by atoms with Crippen LogP contribution in [0.25, 0.3) is 56.2 Å². The Labute approximate surface area is 308 Å². The molecule has 2 aliphatic rings. The molecule has 0 bridgehead atoms. The van der Waals surface area contributed by atoms with E-state index in [2.05, 4.69) is 153 Å². The first kappa shape index (κ1) is 30.7. The normalized spacial score (nSPS) is 13.3. The number of benzene rings is 6. The van der Waals surface area contributed by atoms with Crippen LogP contribution in [0.4, 0.5) is 0 Å². The maximum absolute atomic E-state index is 5.26. The van der Waals surface area contributed by atoms with Crippen LogP contribution in [0.3, 0.4) is 0 Å². The van der Waals surface area contributed by atoms with Gasteiger partial charge in [0.1, 0.15) is 0 Å². The first-order valence-electron chi connectivity index (χ1n) is 17.7. The van der Waals surface area contributed by atoms with Crippen LogP contribution in [0.5, 0.6) is 0 Å². The van der Waals surface area contributed by atoms with E-state index >= 15 is 0 Å². The molecule has 0 amide bonds. The molecule has 4 heteroatoms. The molecule has 1 aliphatic carbocycles. The third-order valence-electron chi connectivity index (χ3n) is 10.6. The van der Waals surface area contributed by atoms with Crippen LogP contribution in [-0.4, -0.2) is 15.0 Å². The smallest absolute Gasteiger partial charge is 0.160 e. The molecule has 0 radical (unpaired) electrons. The number of fused-ring (bicyclic) bond motifs is 9. The minimum Gasteiger partial charge on any atom is -0.258 e. The number of hydrogen-bond donors (Lipinski definition) is 0. The van der Waals surface area contributed by atoms with E-state index in [1.165, 1.54) is 43.2 Å². The molecule has 10 rings (SSSR count). The second-order valence-electron chi connectivity index (χ2n) is 13.6. The van der Waals surface area contributed by atoms with Crippen LogP contribution < -0.4 is 0 Å². The summed E-state index contributed by atoms with van der Waals surface area (Å²) in [7, 11) is 0. The molecule has 52 heavy (non-hydrogen) atoms. The summed E-state index contributed by atoms with van der Waals surface area (Å²) < 4.78 is 0. The third kappa shape index (κ3) is 4.72. The predicted molar refractivity (Wildman–Crippen MR) is 212 cm³/mol. The fourth-order valence-corrected chi connectivity index (χ4v) is 9.46. The van der Waals surface area contributed by atoms with Gasteiger partial charge >= 0.3 is 0 Å². The highest BCUT2D eigenvalue weighted by atomic mass is 32.2. The molecule has 1 spiro atoms. The average molecular weight is 684 g/mol. The van der Waals surface area contributed by atoms with Crippen LogP contribution in [0, 0.1) is 13.8 Å². The van der Waals surface area contributed by atoms with Gasteiger partial charge in [-0.1, -0.05) is 145 Å². The highest BCUT2D eigenvalue weighted by Gasteiger charge is 2.50. The Bertz CT molecular complexity index is 2630. The summed E-state index contributed by atoms with van der Waals surface area (Å²) in [4.78, 5) is 17.7. The number of aryl methyl sites for hydroxylation is 2. The SMILES string of the molecule is Cc1ccc(-c2ccc(-c3cc(-c4ccc5c(c4)C4(c6ccccc6S5)c5ccccc5-c5ccccc54)nc(-c4ccccc4)n3)cc2)c(C)n1. The van der Waals surface area contributed by atoms with Gasteiger partial charge in [-0.3, -0.25) is 4.98 Å². The zero-order chi connectivity index (χ0) is 34.8. The first-order chi connectivity index (χ1) is 25.6. The van der Waals surface area contributed by atoms with Crippen molar-refractivity contribution < 1.29 is 0 Å². The lowest BCUT2D eigenvalue weighted by Gasteiger charge is -2.39. The molecular formula is C48H33N3S. The van der Waals surface area contributed by atoms with Crippen LogP contribution >= 0.6 is 11.8 Å². The van der Waals surface area contributed by atoms with Gasteiger partial charge in [0.05, 0.1) is 16.8 Å². The summed E-state index contributed by atoms with van der Waals surface area (Å²) in [6.07, 6.45) is 0. The molecule has 0 fully saturated rings. The molecule has 0 saturated carbocycles. The summed E-state index contributed by atoms with van der Waals surface area (Å²) in [6.45, 7) is 4.10. The van der Waals surface area contributed by atoms with Crippen molar-refractivity contribution in [2.24, 2.45) is 0 Å². The fraction of sp³-hybridized carbons (Fsp3) is 0.0625. The molecule has 3 heterocycles. The van der Waals surface area contributed by atoms with Gasteiger partial charge in [-0.25, -0.2) is 9.97 Å². The minimum absolute atomic E-state index is 0.447. The van der Waals surface area contributed by atoms with Crippen molar-refractivity contribution in [3.8, 4) is 56.2 Å². The molecule has 6 aromatic carbocycles. The summed E-state index contributed by atoms with van der Waals surface area (Å²) in [5.41, 5.74) is 16.6. The highest BCUT2D eigenvalue weighted by Crippen LogP contribution is 2.62. The number of rotatable bonds is 4. The van der Waals surface area contributed by atoms with Gasteiger partial charge < -0.3 is 0 Å². The van der Waals surface area contributed by atoms with Gasteiger partial charge in [0, 0.05) is 43.4 Å². The highest BCUT2D eigenvalue weighted by molar-refractivity contribution is 7.99. The van der Waals surface area contributed by atoms with Gasteiger partial charge in [0.25, 0.3) is 0 Å². The van der Waals surface area contributed by atoms with E-state index in [4.69, 9.17) is 15.0 Å². The number of aromatic nitrogens is 3. The van der Waals surface area contributed by atoms with Gasteiger partial charge in [-0.15, -0.1) is 0 Å². The standard InChI is InChI=1S/C48H33N3S/c1-30-20-26-36(31(2)49-30)32-21-23-33(24-22-32)43-29-44(51-47(50-43)34-12-4-3-5-13-34)35-25-27-46-42(28-35)48(41-18-10-11-19-45(41)52-46)39-16-8-6-14-37(39)38-15-7-9-17-40(38)48/h3-29H,1-2H3. The third-order valence-corrected chi connectivity index (χ3v) is 11.8. The average Bonchev–Trinajstić information content (AvgIpc) is 3.49. The van der Waals surface area contributed by atoms with E-state index in [9.17, 15) is 0 Å². The van der Waals surface area contributed by atoms with E-state index in [0.717, 1.165) is 50.6 Å². The van der Waals surface area contributed by atoms with Crippen molar-refractivity contribution in [1.29, 1.82) is 0 Å². The van der Waals surface area contributed by atoms with Gasteiger partial charge in [0.15, 0.2) is 5.82 Å². The molecular weight excluding hydrogens is 651 g/mol. The Morgan fingerprint density at radius 3 is 1.69 bits per heavy atom. The predicted octanol–water partition coefficient (Wildman–Crippen LogP) is 12.0. The largest absolute Gasteiger partial charge is 0.258 e. The Morgan fingerprint density at radius 2 is 0.981 bits per heavy atom. The molecule has 0 unspecified atom stereocenters. The van der Waals surface area contributed by atoms with Gasteiger partial charge in [0.2, 0.25) is 0 Å². The maximum atomic E-state index is 5.26. The Morgan fingerprint density at radius 1 is 0.404 bits per heavy atom. The molecule has 3 nitrogen and oxygen atoms in total. The minimum atomic E-state index is -0.447. The van der Waals surface area contributed by atoms with Crippen LogP contribution in [-0.2, 0) is 5.41 Å². The molecule has 0 N–H and O–H groups in total. The number of nitrogens with zero attached hydrogens (tertiary/aromatic N) is 3. The lowest BCUT2D eigenvalue weighted by molar-refractivity contribution is 0.722. The van der Waals surface area contributed by atoms with Gasteiger partial charge in [-0.05, 0) is 83.1 Å². The van der Waals surface area contributed by atoms with Crippen molar-refractivity contribution in [1.82, 2.24) is 15.0 Å². The van der Waals surface area contributed by atoms with E-state index in [0.29, 0.717) is 5.82 Å². The molecule has 0 atom stereocenters. The molecule has 8 aromatic rings. The maximum Gasteiger partial charge on any atom is 0.160 e. The van der Waals surface area contributed by atoms with E-state index < -0.39 is 5.41 Å². The number of pyridine rings is 1. The second kappa shape index (κ2) is 12.0. The summed E-state index contributed by atoms with van der Waals surface area (Å²) in [6, 6.07) is 59.1. The molecule has 0 saturated heterocycles. The Kier molecular flexibility index (Phi) is 7.09. The van der Waals surface area contributed by atoms with E-state index in [1.54, 1.807) is 0 Å². The topological polar surface area (TPSA) is 38.7 Å². The lowest BCUT2D eigenvalue weighted by Crippen LogP contribution is -2.32. The summed E-state index contributed by atoms with van der Waals surface area (Å²) in [5, 5.41) is 0. The van der Waals surface area contributed by atoms with Crippen molar-refractivity contribution >= 4 is 11.8 Å².